The number of aliphatic hydroxyl groups excluding tert-OH is 1. The normalized spacial score (nSPS) is 14.4. The molecular weight excluding hydrogens is 900 g/mol. The molecule has 0 rings (SSSR count). The number of allylic oxidation sites excluding steroid dienone is 11. The van der Waals surface area contributed by atoms with Crippen LogP contribution >= 0.6 is 7.82 Å². The van der Waals surface area contributed by atoms with E-state index in [9.17, 15) is 19.4 Å². The number of rotatable bonds is 54. The van der Waals surface area contributed by atoms with Crippen molar-refractivity contribution in [3.63, 3.8) is 0 Å². The Morgan fingerprint density at radius 1 is 0.507 bits per heavy atom. The van der Waals surface area contributed by atoms with Gasteiger partial charge in [-0.2, -0.15) is 0 Å². The van der Waals surface area contributed by atoms with Gasteiger partial charge >= 0.3 is 0 Å². The van der Waals surface area contributed by atoms with Crippen molar-refractivity contribution in [1.82, 2.24) is 5.32 Å². The molecule has 3 atom stereocenters. The Bertz CT molecular complexity index is 1380. The second-order valence-electron chi connectivity index (χ2n) is 21.3. The van der Waals surface area contributed by atoms with Gasteiger partial charge in [-0.15, -0.1) is 0 Å². The molecule has 0 aromatic rings. The molecule has 71 heavy (non-hydrogen) atoms. The van der Waals surface area contributed by atoms with Crippen LogP contribution in [-0.4, -0.2) is 68.5 Å². The minimum atomic E-state index is -4.58. The monoisotopic (exact) mass is 1010 g/mol. The Morgan fingerprint density at radius 2 is 0.859 bits per heavy atom. The maximum atomic E-state index is 12.9. The summed E-state index contributed by atoms with van der Waals surface area (Å²) in [6, 6.07) is -0.883. The predicted molar refractivity (Wildman–Crippen MR) is 307 cm³/mol. The van der Waals surface area contributed by atoms with E-state index in [0.29, 0.717) is 17.4 Å². The molecule has 0 radical (unpaired) electrons. The molecule has 0 bridgehead atoms. The number of quaternary nitrogens is 1. The first-order valence-corrected chi connectivity index (χ1v) is 31.3. The summed E-state index contributed by atoms with van der Waals surface area (Å²) in [7, 11) is 1.26. The number of hydrogen-bond donors (Lipinski definition) is 2. The lowest BCUT2D eigenvalue weighted by atomic mass is 10.0. The Kier molecular flexibility index (Phi) is 51.3. The molecule has 0 aromatic carbocycles. The minimum Gasteiger partial charge on any atom is -0.756 e. The number of phosphoric ester groups is 1. The molecule has 0 saturated heterocycles. The molecule has 0 aliphatic rings. The van der Waals surface area contributed by atoms with Gasteiger partial charge in [-0.3, -0.25) is 9.36 Å². The van der Waals surface area contributed by atoms with Crippen LogP contribution in [0.2, 0.25) is 0 Å². The zero-order valence-electron chi connectivity index (χ0n) is 47.2. The van der Waals surface area contributed by atoms with E-state index in [1.54, 1.807) is 6.08 Å². The number of likely N-dealkylation sites (N-methyl/N-ethyl adjacent to an activating group) is 1. The molecule has 2 N–H and O–H groups in total. The van der Waals surface area contributed by atoms with Gasteiger partial charge in [0, 0.05) is 6.42 Å². The van der Waals surface area contributed by atoms with Crippen LogP contribution in [0.3, 0.4) is 0 Å². The van der Waals surface area contributed by atoms with E-state index in [2.05, 4.69) is 79.9 Å². The van der Waals surface area contributed by atoms with Gasteiger partial charge in [-0.1, -0.05) is 267 Å². The highest BCUT2D eigenvalue weighted by molar-refractivity contribution is 7.45. The maximum absolute atomic E-state index is 12.9. The van der Waals surface area contributed by atoms with E-state index in [4.69, 9.17) is 9.05 Å². The van der Waals surface area contributed by atoms with Crippen LogP contribution in [0.4, 0.5) is 0 Å². The fourth-order valence-corrected chi connectivity index (χ4v) is 9.26. The van der Waals surface area contributed by atoms with Crippen molar-refractivity contribution in [2.24, 2.45) is 0 Å². The van der Waals surface area contributed by atoms with Crippen molar-refractivity contribution in [3.8, 4) is 0 Å². The largest absolute Gasteiger partial charge is 0.756 e. The van der Waals surface area contributed by atoms with Gasteiger partial charge in [0.25, 0.3) is 7.82 Å². The van der Waals surface area contributed by atoms with Crippen molar-refractivity contribution >= 4 is 13.7 Å². The maximum Gasteiger partial charge on any atom is 0.268 e. The fourth-order valence-electron chi connectivity index (χ4n) is 8.53. The molecule has 0 aliphatic carbocycles. The van der Waals surface area contributed by atoms with E-state index in [1.807, 2.05) is 27.2 Å². The summed E-state index contributed by atoms with van der Waals surface area (Å²) in [5, 5.41) is 13.7. The smallest absolute Gasteiger partial charge is 0.268 e. The highest BCUT2D eigenvalue weighted by Crippen LogP contribution is 2.38. The summed E-state index contributed by atoms with van der Waals surface area (Å²) in [5.41, 5.74) is 0. The summed E-state index contributed by atoms with van der Waals surface area (Å²) >= 11 is 0. The number of carbonyl (C=O) groups excluding carboxylic acids is 1. The van der Waals surface area contributed by atoms with Gasteiger partial charge in [0.15, 0.2) is 0 Å². The molecule has 3 unspecified atom stereocenters. The lowest BCUT2D eigenvalue weighted by Gasteiger charge is -2.29. The topological polar surface area (TPSA) is 108 Å². The van der Waals surface area contributed by atoms with Crippen LogP contribution in [0.5, 0.6) is 0 Å². The summed E-state index contributed by atoms with van der Waals surface area (Å²) in [6.45, 7) is 4.49. The average Bonchev–Trinajstić information content (AvgIpc) is 3.33. The number of phosphoric acid groups is 1. The molecule has 0 aromatic heterocycles. The standard InChI is InChI=1S/C62H115N2O6P/c1-6-8-10-12-14-16-17-18-19-20-21-22-23-24-25-26-27-28-29-30-31-32-33-34-35-36-37-38-39-40-41-42-43-44-45-46-47-48-50-52-54-56-62(66)63-60(59-70-71(67,68)69-58-57-64(3,4)5)61(65)55-53-51-49-15-13-11-9-7-2/h8,10,14,16,18-19,21-22,24-25,53,55,60-61,65H,6-7,9,11-13,15,17,20,23,26-52,54,56-59H2,1-5H3,(H-,63,66,67,68)/b10-8-,16-14-,19-18-,22-21-,25-24-,55-53+. The summed E-state index contributed by atoms with van der Waals surface area (Å²) in [5.74, 6) is -0.198. The Morgan fingerprint density at radius 3 is 1.25 bits per heavy atom. The predicted octanol–water partition coefficient (Wildman–Crippen LogP) is 17.6. The van der Waals surface area contributed by atoms with Crippen LogP contribution in [0.15, 0.2) is 72.9 Å². The lowest BCUT2D eigenvalue weighted by molar-refractivity contribution is -0.870. The van der Waals surface area contributed by atoms with Crippen molar-refractivity contribution < 1.29 is 32.9 Å². The highest BCUT2D eigenvalue weighted by atomic mass is 31.2. The molecule has 0 aliphatic heterocycles. The minimum absolute atomic E-state index is 0.00105. The summed E-state index contributed by atoms with van der Waals surface area (Å²) in [6.07, 6.45) is 73.2. The third-order valence-electron chi connectivity index (χ3n) is 13.2. The number of carbonyl (C=O) groups is 1. The molecular formula is C62H115N2O6P. The van der Waals surface area contributed by atoms with Crippen LogP contribution in [0.25, 0.3) is 0 Å². The number of unbranched alkanes of at least 4 members (excludes halogenated alkanes) is 31. The SMILES string of the molecule is CC/C=C\C/C=C\C/C=C\C/C=C\C/C=C\CCCCCCCCCCCCCCCCCCCCCCCCCCCC(=O)NC(COP(=O)([O-])OCC[N+](C)(C)C)C(O)/C=C/CCCCCCCC. The van der Waals surface area contributed by atoms with E-state index in [-0.39, 0.29) is 19.1 Å². The Hall–Kier alpha value is -2.06. The van der Waals surface area contributed by atoms with E-state index < -0.39 is 20.0 Å². The van der Waals surface area contributed by atoms with Gasteiger partial charge in [0.1, 0.15) is 13.2 Å². The van der Waals surface area contributed by atoms with Crippen molar-refractivity contribution in [3.05, 3.63) is 72.9 Å². The number of nitrogens with one attached hydrogen (secondary N) is 1. The summed E-state index contributed by atoms with van der Waals surface area (Å²) in [4.78, 5) is 25.3. The first-order chi connectivity index (χ1) is 34.5. The molecule has 0 saturated carbocycles. The van der Waals surface area contributed by atoms with E-state index >= 15 is 0 Å². The third-order valence-corrected chi connectivity index (χ3v) is 14.1. The molecule has 8 nitrogen and oxygen atoms in total. The molecule has 414 valence electrons. The van der Waals surface area contributed by atoms with Crippen molar-refractivity contribution in [2.75, 3.05) is 40.9 Å². The first-order valence-electron chi connectivity index (χ1n) is 29.8. The van der Waals surface area contributed by atoms with Crippen molar-refractivity contribution in [1.29, 1.82) is 0 Å². The van der Waals surface area contributed by atoms with Gasteiger partial charge < -0.3 is 28.8 Å². The average molecular weight is 1020 g/mol. The Balaban J connectivity index is 3.77. The van der Waals surface area contributed by atoms with Crippen LogP contribution in [0, 0.1) is 0 Å². The molecule has 0 spiro atoms. The number of hydrogen-bond acceptors (Lipinski definition) is 6. The lowest BCUT2D eigenvalue weighted by Crippen LogP contribution is -2.45. The third kappa shape index (κ3) is 55.5. The second-order valence-corrected chi connectivity index (χ2v) is 22.7. The summed E-state index contributed by atoms with van der Waals surface area (Å²) < 4.78 is 23.2. The zero-order valence-corrected chi connectivity index (χ0v) is 48.1. The van der Waals surface area contributed by atoms with Gasteiger partial charge in [0.2, 0.25) is 5.91 Å². The molecule has 9 heteroatoms. The quantitative estimate of drug-likeness (QED) is 0.0272. The zero-order chi connectivity index (χ0) is 52.0. The molecule has 0 heterocycles. The fraction of sp³-hybridized carbons (Fsp3) is 0.790. The number of amides is 1. The van der Waals surface area contributed by atoms with E-state index in [0.717, 1.165) is 70.6 Å². The van der Waals surface area contributed by atoms with Gasteiger partial charge in [0.05, 0.1) is 39.9 Å². The van der Waals surface area contributed by atoms with Gasteiger partial charge in [-0.25, -0.2) is 0 Å². The van der Waals surface area contributed by atoms with Crippen LogP contribution in [-0.2, 0) is 18.4 Å². The number of nitrogens with zero attached hydrogens (tertiary/aromatic N) is 1. The van der Waals surface area contributed by atoms with Crippen molar-refractivity contribution in [2.45, 2.75) is 276 Å². The first kappa shape index (κ1) is 68.9. The van der Waals surface area contributed by atoms with Crippen LogP contribution < -0.4 is 10.2 Å². The van der Waals surface area contributed by atoms with Gasteiger partial charge in [-0.05, 0) is 64.2 Å². The van der Waals surface area contributed by atoms with E-state index in [1.165, 1.54) is 173 Å². The van der Waals surface area contributed by atoms with Crippen LogP contribution in [0.1, 0.15) is 264 Å². The second kappa shape index (κ2) is 52.8. The molecule has 1 amide bonds. The highest BCUT2D eigenvalue weighted by Gasteiger charge is 2.23. The number of aliphatic hydroxyl groups is 1. The molecule has 0 fully saturated rings. The Labute approximate surface area is 440 Å².